The van der Waals surface area contributed by atoms with Crippen LogP contribution in [-0.4, -0.2) is 42.8 Å². The first-order valence-corrected chi connectivity index (χ1v) is 7.08. The summed E-state index contributed by atoms with van der Waals surface area (Å²) in [5.41, 5.74) is 7.52. The van der Waals surface area contributed by atoms with Crippen molar-refractivity contribution < 1.29 is 14.3 Å². The summed E-state index contributed by atoms with van der Waals surface area (Å²) in [6.45, 7) is 2.05. The van der Waals surface area contributed by atoms with Crippen molar-refractivity contribution in [1.29, 1.82) is 0 Å². The minimum atomic E-state index is -0.446. The van der Waals surface area contributed by atoms with E-state index in [0.29, 0.717) is 32.4 Å². The van der Waals surface area contributed by atoms with Crippen LogP contribution in [0.2, 0.25) is 0 Å². The van der Waals surface area contributed by atoms with Gasteiger partial charge in [0.25, 0.3) is 5.91 Å². The maximum Gasteiger partial charge on any atom is 0.254 e. The van der Waals surface area contributed by atoms with Crippen molar-refractivity contribution in [3.63, 3.8) is 0 Å². The summed E-state index contributed by atoms with van der Waals surface area (Å²) in [4.78, 5) is 14.5. The smallest absolute Gasteiger partial charge is 0.254 e. The number of amides is 1. The van der Waals surface area contributed by atoms with Crippen molar-refractivity contribution in [3.05, 3.63) is 29.8 Å². The second kappa shape index (κ2) is 5.81. The van der Waals surface area contributed by atoms with E-state index in [1.807, 2.05) is 29.2 Å². The number of nitrogens with two attached hydrogens (primary N) is 1. The van der Waals surface area contributed by atoms with Gasteiger partial charge in [-0.3, -0.25) is 4.79 Å². The first kappa shape index (κ1) is 13.4. The first-order chi connectivity index (χ1) is 9.74. The average molecular weight is 276 g/mol. The van der Waals surface area contributed by atoms with Gasteiger partial charge in [-0.25, -0.2) is 0 Å². The summed E-state index contributed by atoms with van der Waals surface area (Å²) in [6, 6.07) is 8.02. The van der Waals surface area contributed by atoms with E-state index in [1.165, 1.54) is 0 Å². The topological polar surface area (TPSA) is 64.8 Å². The van der Waals surface area contributed by atoms with Gasteiger partial charge >= 0.3 is 0 Å². The number of nitrogen functional groups attached to an aromatic ring is 1. The number of hydrogen-bond donors (Lipinski definition) is 1. The minimum absolute atomic E-state index is 0.0454. The van der Waals surface area contributed by atoms with Gasteiger partial charge in [0.2, 0.25) is 0 Å². The molecular formula is C15H20N2O3. The van der Waals surface area contributed by atoms with Crippen LogP contribution in [0.5, 0.6) is 0 Å². The highest BCUT2D eigenvalue weighted by Gasteiger charge is 2.37. The number of benzene rings is 1. The lowest BCUT2D eigenvalue weighted by molar-refractivity contribution is -0.159. The van der Waals surface area contributed by atoms with E-state index >= 15 is 0 Å². The second-order valence-electron chi connectivity index (χ2n) is 5.37. The average Bonchev–Trinajstić information content (AvgIpc) is 3.31. The molecule has 2 aliphatic rings. The Morgan fingerprint density at radius 1 is 1.25 bits per heavy atom. The Kier molecular flexibility index (Phi) is 3.89. The van der Waals surface area contributed by atoms with Crippen LogP contribution in [0.1, 0.15) is 18.4 Å². The lowest BCUT2D eigenvalue weighted by Crippen LogP contribution is -2.45. The highest BCUT2D eigenvalue weighted by molar-refractivity contribution is 5.81. The fourth-order valence-electron chi connectivity index (χ4n) is 2.41. The van der Waals surface area contributed by atoms with Crippen molar-refractivity contribution in [3.8, 4) is 0 Å². The Bertz CT molecular complexity index is 465. The molecule has 0 bridgehead atoms. The summed E-state index contributed by atoms with van der Waals surface area (Å²) >= 11 is 0. The molecule has 1 unspecified atom stereocenters. The van der Waals surface area contributed by atoms with Crippen LogP contribution in [0, 0.1) is 0 Å². The minimum Gasteiger partial charge on any atom is -0.399 e. The number of rotatable bonds is 4. The number of nitrogens with zero attached hydrogens (tertiary/aromatic N) is 1. The van der Waals surface area contributed by atoms with E-state index in [0.717, 1.165) is 24.1 Å². The van der Waals surface area contributed by atoms with Gasteiger partial charge in [-0.05, 0) is 30.5 Å². The Balaban J connectivity index is 1.68. The van der Waals surface area contributed by atoms with Gasteiger partial charge < -0.3 is 20.1 Å². The maximum atomic E-state index is 12.5. The maximum absolute atomic E-state index is 12.5. The molecule has 1 atom stereocenters. The molecule has 108 valence electrons. The van der Waals surface area contributed by atoms with Gasteiger partial charge in [0.05, 0.1) is 19.8 Å². The molecule has 3 rings (SSSR count). The van der Waals surface area contributed by atoms with Gasteiger partial charge in [-0.15, -0.1) is 0 Å². The van der Waals surface area contributed by atoms with Gasteiger partial charge in [-0.1, -0.05) is 12.1 Å². The zero-order valence-electron chi connectivity index (χ0n) is 11.5. The quantitative estimate of drug-likeness (QED) is 0.839. The van der Waals surface area contributed by atoms with E-state index in [2.05, 4.69) is 0 Å². The molecule has 0 spiro atoms. The van der Waals surface area contributed by atoms with Crippen LogP contribution in [0.15, 0.2) is 24.3 Å². The molecule has 0 aromatic heterocycles. The lowest BCUT2D eigenvalue weighted by atomic mass is 10.1. The molecular weight excluding hydrogens is 256 g/mol. The standard InChI is InChI=1S/C15H20N2O3/c16-12-3-1-11(2-4-12)9-17(13-5-6-13)15(18)14-10-19-7-8-20-14/h1-4,13-14H,5-10,16H2. The molecule has 1 aromatic rings. The van der Waals surface area contributed by atoms with Crippen LogP contribution in [0.3, 0.4) is 0 Å². The molecule has 1 aromatic carbocycles. The number of carbonyl (C=O) groups excluding carboxylic acids is 1. The molecule has 1 saturated heterocycles. The van der Waals surface area contributed by atoms with Crippen LogP contribution in [-0.2, 0) is 20.8 Å². The molecule has 1 aliphatic heterocycles. The van der Waals surface area contributed by atoms with Gasteiger partial charge in [-0.2, -0.15) is 0 Å². The van der Waals surface area contributed by atoms with Crippen LogP contribution in [0.25, 0.3) is 0 Å². The lowest BCUT2D eigenvalue weighted by Gasteiger charge is -2.29. The van der Waals surface area contributed by atoms with Gasteiger partial charge in [0.1, 0.15) is 0 Å². The van der Waals surface area contributed by atoms with E-state index in [4.69, 9.17) is 15.2 Å². The first-order valence-electron chi connectivity index (χ1n) is 7.08. The number of hydrogen-bond acceptors (Lipinski definition) is 4. The van der Waals surface area contributed by atoms with E-state index in [9.17, 15) is 4.79 Å². The fourth-order valence-corrected chi connectivity index (χ4v) is 2.41. The normalized spacial score (nSPS) is 22.5. The SMILES string of the molecule is Nc1ccc(CN(C(=O)C2COCCO2)C2CC2)cc1. The van der Waals surface area contributed by atoms with E-state index < -0.39 is 6.10 Å². The van der Waals surface area contributed by atoms with Crippen molar-refractivity contribution in [2.45, 2.75) is 31.5 Å². The third kappa shape index (κ3) is 3.11. The van der Waals surface area contributed by atoms with Crippen LogP contribution < -0.4 is 5.73 Å². The molecule has 2 fully saturated rings. The second-order valence-corrected chi connectivity index (χ2v) is 5.37. The predicted molar refractivity (Wildman–Crippen MR) is 75.0 cm³/mol. The summed E-state index contributed by atoms with van der Waals surface area (Å²) in [7, 11) is 0. The molecule has 20 heavy (non-hydrogen) atoms. The number of anilines is 1. The van der Waals surface area contributed by atoms with Crippen LogP contribution in [0.4, 0.5) is 5.69 Å². The highest BCUT2D eigenvalue weighted by Crippen LogP contribution is 2.29. The van der Waals surface area contributed by atoms with Crippen molar-refractivity contribution in [2.75, 3.05) is 25.6 Å². The Labute approximate surface area is 118 Å². The monoisotopic (exact) mass is 276 g/mol. The third-order valence-electron chi connectivity index (χ3n) is 3.69. The third-order valence-corrected chi connectivity index (χ3v) is 3.69. The highest BCUT2D eigenvalue weighted by atomic mass is 16.6. The molecule has 1 heterocycles. The Morgan fingerprint density at radius 2 is 2.00 bits per heavy atom. The summed E-state index contributed by atoms with van der Waals surface area (Å²) in [5.74, 6) is 0.0454. The Hall–Kier alpha value is -1.59. The van der Waals surface area contributed by atoms with E-state index in [-0.39, 0.29) is 5.91 Å². The summed E-state index contributed by atoms with van der Waals surface area (Å²) in [5, 5.41) is 0. The molecule has 0 radical (unpaired) electrons. The van der Waals surface area contributed by atoms with Crippen molar-refractivity contribution in [2.24, 2.45) is 0 Å². The largest absolute Gasteiger partial charge is 0.399 e. The van der Waals surface area contributed by atoms with Gasteiger partial charge in [0.15, 0.2) is 6.10 Å². The summed E-state index contributed by atoms with van der Waals surface area (Å²) < 4.78 is 10.8. The molecule has 1 amide bonds. The molecule has 5 nitrogen and oxygen atoms in total. The van der Waals surface area contributed by atoms with Crippen molar-refractivity contribution >= 4 is 11.6 Å². The molecule has 5 heteroatoms. The zero-order valence-corrected chi connectivity index (χ0v) is 11.5. The molecule has 1 saturated carbocycles. The van der Waals surface area contributed by atoms with Crippen molar-refractivity contribution in [1.82, 2.24) is 4.90 Å². The number of carbonyl (C=O) groups is 1. The van der Waals surface area contributed by atoms with E-state index in [1.54, 1.807) is 0 Å². The number of ether oxygens (including phenoxy) is 2. The molecule has 1 aliphatic carbocycles. The summed E-state index contributed by atoms with van der Waals surface area (Å²) in [6.07, 6.45) is 1.71. The Morgan fingerprint density at radius 3 is 2.60 bits per heavy atom. The van der Waals surface area contributed by atoms with Crippen LogP contribution >= 0.6 is 0 Å². The van der Waals surface area contributed by atoms with Gasteiger partial charge in [0, 0.05) is 18.3 Å². The molecule has 2 N–H and O–H groups in total. The predicted octanol–water partition coefficient (Wildman–Crippen LogP) is 1.18. The zero-order chi connectivity index (χ0) is 13.9. The fraction of sp³-hybridized carbons (Fsp3) is 0.533.